The molecule has 116 valence electrons. The van der Waals surface area contributed by atoms with Crippen LogP contribution in [0, 0.1) is 0 Å². The Bertz CT molecular complexity index is 648. The predicted octanol–water partition coefficient (Wildman–Crippen LogP) is 1.91. The lowest BCUT2D eigenvalue weighted by Crippen LogP contribution is -2.49. The molecule has 1 saturated heterocycles. The van der Waals surface area contributed by atoms with Crippen LogP contribution in [0.4, 0.5) is 0 Å². The number of benzene rings is 1. The van der Waals surface area contributed by atoms with Crippen LogP contribution in [0.25, 0.3) is 10.9 Å². The molecule has 1 aromatic heterocycles. The van der Waals surface area contributed by atoms with E-state index in [1.54, 1.807) is 0 Å². The quantitative estimate of drug-likeness (QED) is 0.585. The third-order valence-corrected chi connectivity index (χ3v) is 3.22. The molecule has 0 bridgehead atoms. The van der Waals surface area contributed by atoms with Gasteiger partial charge in [-0.25, -0.2) is 0 Å². The summed E-state index contributed by atoms with van der Waals surface area (Å²) in [4.78, 5) is 23.9. The van der Waals surface area contributed by atoms with Gasteiger partial charge in [0.15, 0.2) is 0 Å². The Morgan fingerprint density at radius 1 is 1.09 bits per heavy atom. The topological polar surface area (TPSA) is 74.0 Å². The third-order valence-electron chi connectivity index (χ3n) is 3.22. The van der Waals surface area contributed by atoms with Crippen LogP contribution in [-0.4, -0.2) is 29.9 Å². The Kier molecular flexibility index (Phi) is 5.36. The Morgan fingerprint density at radius 2 is 1.73 bits per heavy atom. The Hall–Kier alpha value is -2.56. The molecule has 3 rings (SSSR count). The standard InChI is InChI=1S/C13H15N.C4H6N2O2/c1-10(2)7-8-12-9-11-5-3-4-6-13(11)14-12;7-3-4(8)6-2-1-5-3/h3-7,9,14H,8H2,1-2H3;1-2H2,(H,5,7)(H,6,8). The van der Waals surface area contributed by atoms with Gasteiger partial charge in [-0.05, 0) is 31.4 Å². The van der Waals surface area contributed by atoms with Gasteiger partial charge in [0, 0.05) is 30.7 Å². The molecule has 1 aliphatic heterocycles. The summed E-state index contributed by atoms with van der Waals surface area (Å²) in [7, 11) is 0. The molecule has 0 unspecified atom stereocenters. The zero-order chi connectivity index (χ0) is 15.9. The SMILES string of the molecule is CC(C)=CCc1cc2ccccc2[nH]1.O=C1NCCNC1=O. The van der Waals surface area contributed by atoms with Crippen LogP contribution in [0.15, 0.2) is 42.0 Å². The summed E-state index contributed by atoms with van der Waals surface area (Å²) in [6.07, 6.45) is 3.24. The van der Waals surface area contributed by atoms with Crippen molar-refractivity contribution < 1.29 is 9.59 Å². The highest BCUT2D eigenvalue weighted by molar-refractivity contribution is 6.35. The maximum Gasteiger partial charge on any atom is 0.309 e. The monoisotopic (exact) mass is 299 g/mol. The van der Waals surface area contributed by atoms with Gasteiger partial charge in [-0.15, -0.1) is 0 Å². The molecule has 2 aromatic rings. The van der Waals surface area contributed by atoms with E-state index < -0.39 is 11.8 Å². The summed E-state index contributed by atoms with van der Waals surface area (Å²) in [5, 5.41) is 6.06. The van der Waals surface area contributed by atoms with E-state index in [2.05, 4.69) is 65.9 Å². The number of nitrogens with one attached hydrogen (secondary N) is 3. The van der Waals surface area contributed by atoms with Crippen LogP contribution >= 0.6 is 0 Å². The second-order valence-electron chi connectivity index (χ2n) is 5.38. The minimum atomic E-state index is -0.531. The van der Waals surface area contributed by atoms with E-state index in [-0.39, 0.29) is 0 Å². The molecule has 0 radical (unpaired) electrons. The maximum absolute atomic E-state index is 10.3. The van der Waals surface area contributed by atoms with Gasteiger partial charge >= 0.3 is 11.8 Å². The van der Waals surface area contributed by atoms with Crippen molar-refractivity contribution in [3.63, 3.8) is 0 Å². The summed E-state index contributed by atoms with van der Waals surface area (Å²) in [5.74, 6) is -1.06. The number of aromatic nitrogens is 1. The van der Waals surface area contributed by atoms with E-state index in [1.807, 2.05) is 0 Å². The first kappa shape index (κ1) is 15.8. The van der Waals surface area contributed by atoms with E-state index in [0.717, 1.165) is 6.42 Å². The lowest BCUT2D eigenvalue weighted by atomic mass is 10.2. The highest BCUT2D eigenvalue weighted by Gasteiger charge is 2.15. The van der Waals surface area contributed by atoms with E-state index >= 15 is 0 Å². The largest absolute Gasteiger partial charge is 0.358 e. The van der Waals surface area contributed by atoms with Crippen LogP contribution in [-0.2, 0) is 16.0 Å². The molecule has 5 heteroatoms. The molecule has 22 heavy (non-hydrogen) atoms. The van der Waals surface area contributed by atoms with Gasteiger partial charge in [0.2, 0.25) is 0 Å². The van der Waals surface area contributed by atoms with Crippen molar-refractivity contribution in [3.8, 4) is 0 Å². The molecule has 1 fully saturated rings. The number of rotatable bonds is 2. The lowest BCUT2D eigenvalue weighted by molar-refractivity contribution is -0.140. The summed E-state index contributed by atoms with van der Waals surface area (Å²) >= 11 is 0. The van der Waals surface area contributed by atoms with Crippen molar-refractivity contribution in [2.75, 3.05) is 13.1 Å². The number of para-hydroxylation sites is 1. The van der Waals surface area contributed by atoms with Gasteiger partial charge in [0.1, 0.15) is 0 Å². The van der Waals surface area contributed by atoms with Gasteiger partial charge < -0.3 is 15.6 Å². The normalized spacial score (nSPS) is 13.7. The molecule has 0 aliphatic carbocycles. The number of hydrogen-bond donors (Lipinski definition) is 3. The molecular formula is C17H21N3O2. The average Bonchev–Trinajstić information content (AvgIpc) is 2.92. The van der Waals surface area contributed by atoms with Crippen molar-refractivity contribution in [1.82, 2.24) is 15.6 Å². The average molecular weight is 299 g/mol. The number of piperazine rings is 1. The predicted molar refractivity (Wildman–Crippen MR) is 87.5 cm³/mol. The molecule has 3 N–H and O–H groups in total. The van der Waals surface area contributed by atoms with Crippen molar-refractivity contribution in [1.29, 1.82) is 0 Å². The molecule has 0 spiro atoms. The Labute approximate surface area is 129 Å². The first-order chi connectivity index (χ1) is 10.6. The van der Waals surface area contributed by atoms with Crippen molar-refractivity contribution >= 4 is 22.7 Å². The molecular weight excluding hydrogens is 278 g/mol. The fraction of sp³-hybridized carbons (Fsp3) is 0.294. The second-order valence-corrected chi connectivity index (χ2v) is 5.38. The fourth-order valence-corrected chi connectivity index (χ4v) is 2.07. The molecule has 0 atom stereocenters. The van der Waals surface area contributed by atoms with Crippen LogP contribution in [0.3, 0.4) is 0 Å². The molecule has 0 saturated carbocycles. The number of allylic oxidation sites excluding steroid dienone is 2. The molecule has 5 nitrogen and oxygen atoms in total. The zero-order valence-corrected chi connectivity index (χ0v) is 12.9. The first-order valence-corrected chi connectivity index (χ1v) is 7.32. The number of aromatic amines is 1. The van der Waals surface area contributed by atoms with Gasteiger partial charge in [-0.3, -0.25) is 9.59 Å². The Balaban J connectivity index is 0.000000188. The van der Waals surface area contributed by atoms with Gasteiger partial charge in [-0.2, -0.15) is 0 Å². The van der Waals surface area contributed by atoms with E-state index in [1.165, 1.54) is 22.2 Å². The van der Waals surface area contributed by atoms with Gasteiger partial charge in [0.25, 0.3) is 0 Å². The smallest absolute Gasteiger partial charge is 0.309 e. The summed E-state index contributed by atoms with van der Waals surface area (Å²) in [6.45, 7) is 5.35. The van der Waals surface area contributed by atoms with Crippen LogP contribution in [0.2, 0.25) is 0 Å². The van der Waals surface area contributed by atoms with Crippen LogP contribution in [0.5, 0.6) is 0 Å². The van der Waals surface area contributed by atoms with Gasteiger partial charge in [-0.1, -0.05) is 29.8 Å². The number of fused-ring (bicyclic) bond motifs is 1. The van der Waals surface area contributed by atoms with Crippen LogP contribution in [0.1, 0.15) is 19.5 Å². The van der Waals surface area contributed by atoms with E-state index in [4.69, 9.17) is 0 Å². The van der Waals surface area contributed by atoms with E-state index in [0.29, 0.717) is 13.1 Å². The maximum atomic E-state index is 10.3. The van der Waals surface area contributed by atoms with Crippen LogP contribution < -0.4 is 10.6 Å². The lowest BCUT2D eigenvalue weighted by Gasteiger charge is -2.10. The molecule has 1 aromatic carbocycles. The second kappa shape index (κ2) is 7.45. The number of H-pyrrole nitrogens is 1. The zero-order valence-electron chi connectivity index (χ0n) is 12.9. The van der Waals surface area contributed by atoms with E-state index in [9.17, 15) is 9.59 Å². The third kappa shape index (κ3) is 4.48. The summed E-state index contributed by atoms with van der Waals surface area (Å²) in [5.41, 5.74) is 3.88. The molecule has 2 heterocycles. The first-order valence-electron chi connectivity index (χ1n) is 7.32. The summed E-state index contributed by atoms with van der Waals surface area (Å²) < 4.78 is 0. The number of hydrogen-bond acceptors (Lipinski definition) is 2. The molecule has 1 aliphatic rings. The Morgan fingerprint density at radius 3 is 2.27 bits per heavy atom. The minimum Gasteiger partial charge on any atom is -0.358 e. The highest BCUT2D eigenvalue weighted by Crippen LogP contribution is 2.15. The number of carbonyl (C=O) groups is 2. The fourth-order valence-electron chi connectivity index (χ4n) is 2.07. The van der Waals surface area contributed by atoms with Gasteiger partial charge in [0.05, 0.1) is 0 Å². The summed E-state index contributed by atoms with van der Waals surface area (Å²) in [6, 6.07) is 10.6. The van der Waals surface area contributed by atoms with Crippen molar-refractivity contribution in [3.05, 3.63) is 47.7 Å². The molecule has 2 amide bonds. The number of amides is 2. The van der Waals surface area contributed by atoms with Crippen molar-refractivity contribution in [2.45, 2.75) is 20.3 Å². The minimum absolute atomic E-state index is 0.531. The number of carbonyl (C=O) groups excluding carboxylic acids is 2. The van der Waals surface area contributed by atoms with Crippen molar-refractivity contribution in [2.24, 2.45) is 0 Å². The highest BCUT2D eigenvalue weighted by atomic mass is 16.2.